The Kier molecular flexibility index (Phi) is 7.06. The Hall–Kier alpha value is -2.75. The van der Waals surface area contributed by atoms with Crippen molar-refractivity contribution < 1.29 is 22.8 Å². The summed E-state index contributed by atoms with van der Waals surface area (Å²) in [6.07, 6.45) is 3.75. The van der Waals surface area contributed by atoms with E-state index in [9.17, 15) is 22.8 Å². The van der Waals surface area contributed by atoms with Gasteiger partial charge >= 0.3 is 0 Å². The summed E-state index contributed by atoms with van der Waals surface area (Å²) in [4.78, 5) is 38.7. The van der Waals surface area contributed by atoms with E-state index < -0.39 is 27.9 Å². The Labute approximate surface area is 203 Å². The molecule has 1 saturated heterocycles. The fourth-order valence-electron chi connectivity index (χ4n) is 4.67. The van der Waals surface area contributed by atoms with E-state index in [-0.39, 0.29) is 23.3 Å². The first-order valence-electron chi connectivity index (χ1n) is 11.2. The van der Waals surface area contributed by atoms with Gasteiger partial charge in [0.15, 0.2) is 0 Å². The second-order valence-corrected chi connectivity index (χ2v) is 10.9. The number of hydrogen-bond donors (Lipinski definition) is 1. The van der Waals surface area contributed by atoms with E-state index in [0.29, 0.717) is 29.2 Å². The van der Waals surface area contributed by atoms with Gasteiger partial charge in [-0.15, -0.1) is 0 Å². The highest BCUT2D eigenvalue weighted by molar-refractivity contribution is 7.89. The molecule has 1 unspecified atom stereocenters. The molecule has 1 atom stereocenters. The molecule has 2 aliphatic rings. The predicted molar refractivity (Wildman–Crippen MR) is 129 cm³/mol. The molecule has 1 heterocycles. The molecule has 10 heteroatoms. The van der Waals surface area contributed by atoms with Gasteiger partial charge in [-0.05, 0) is 61.4 Å². The van der Waals surface area contributed by atoms with Gasteiger partial charge in [0.2, 0.25) is 21.8 Å². The average Bonchev–Trinajstić information content (AvgIpc) is 3.08. The monoisotopic (exact) mass is 503 g/mol. The van der Waals surface area contributed by atoms with Crippen LogP contribution in [0, 0.1) is 0 Å². The molecule has 1 N–H and O–H groups in total. The van der Waals surface area contributed by atoms with Crippen molar-refractivity contribution >= 4 is 50.7 Å². The fraction of sp³-hybridized carbons (Fsp3) is 0.375. The SMILES string of the molecule is CC(=O)Nc1ccc(S(=O)(=O)N(C2CCCCC2)C2CC(=O)N(c3ccc(Cl)cc3)C2=O)cc1. The van der Waals surface area contributed by atoms with Gasteiger partial charge in [-0.25, -0.2) is 13.3 Å². The molecule has 0 spiro atoms. The molecule has 0 aromatic heterocycles. The summed E-state index contributed by atoms with van der Waals surface area (Å²) >= 11 is 5.94. The number of halogens is 1. The number of rotatable bonds is 6. The Balaban J connectivity index is 1.70. The second-order valence-electron chi connectivity index (χ2n) is 8.60. The first-order valence-corrected chi connectivity index (χ1v) is 13.0. The van der Waals surface area contributed by atoms with Crippen LogP contribution in [-0.2, 0) is 24.4 Å². The van der Waals surface area contributed by atoms with Gasteiger partial charge in [0.25, 0.3) is 5.91 Å². The largest absolute Gasteiger partial charge is 0.326 e. The quantitative estimate of drug-likeness (QED) is 0.601. The minimum atomic E-state index is -4.10. The molecule has 0 radical (unpaired) electrons. The van der Waals surface area contributed by atoms with Gasteiger partial charge < -0.3 is 5.32 Å². The van der Waals surface area contributed by atoms with Gasteiger partial charge in [0.1, 0.15) is 6.04 Å². The Morgan fingerprint density at radius 2 is 1.62 bits per heavy atom. The molecule has 3 amide bonds. The van der Waals surface area contributed by atoms with Gasteiger partial charge in [-0.1, -0.05) is 30.9 Å². The lowest BCUT2D eigenvalue weighted by molar-refractivity contribution is -0.122. The fourth-order valence-corrected chi connectivity index (χ4v) is 6.62. The third-order valence-electron chi connectivity index (χ3n) is 6.20. The number of sulfonamides is 1. The van der Waals surface area contributed by atoms with Gasteiger partial charge in [0, 0.05) is 23.7 Å². The summed E-state index contributed by atoms with van der Waals surface area (Å²) in [5, 5.41) is 3.08. The second kappa shape index (κ2) is 9.85. The zero-order valence-electron chi connectivity index (χ0n) is 18.7. The van der Waals surface area contributed by atoms with Crippen molar-refractivity contribution in [3.63, 3.8) is 0 Å². The van der Waals surface area contributed by atoms with Crippen molar-refractivity contribution in [2.24, 2.45) is 0 Å². The van der Waals surface area contributed by atoms with Crippen LogP contribution in [0.15, 0.2) is 53.4 Å². The van der Waals surface area contributed by atoms with Crippen LogP contribution in [0.2, 0.25) is 5.02 Å². The van der Waals surface area contributed by atoms with E-state index in [0.717, 1.165) is 24.2 Å². The normalized spacial score (nSPS) is 19.6. The molecule has 8 nitrogen and oxygen atoms in total. The number of amides is 3. The third kappa shape index (κ3) is 4.87. The molecule has 180 valence electrons. The lowest BCUT2D eigenvalue weighted by Gasteiger charge is -2.36. The molecule has 0 bridgehead atoms. The highest BCUT2D eigenvalue weighted by atomic mass is 35.5. The van der Waals surface area contributed by atoms with E-state index in [1.165, 1.54) is 35.5 Å². The third-order valence-corrected chi connectivity index (χ3v) is 8.43. The van der Waals surface area contributed by atoms with E-state index in [2.05, 4.69) is 5.32 Å². The molecule has 1 aliphatic heterocycles. The zero-order chi connectivity index (χ0) is 24.5. The van der Waals surface area contributed by atoms with E-state index in [1.54, 1.807) is 24.3 Å². The summed E-state index contributed by atoms with van der Waals surface area (Å²) in [5.74, 6) is -1.28. The minimum Gasteiger partial charge on any atom is -0.326 e. The number of imide groups is 1. The number of nitrogens with zero attached hydrogens (tertiary/aromatic N) is 2. The predicted octanol–water partition coefficient (Wildman–Crippen LogP) is 3.95. The van der Waals surface area contributed by atoms with Crippen molar-refractivity contribution in [1.29, 1.82) is 0 Å². The first-order chi connectivity index (χ1) is 16.2. The number of carbonyl (C=O) groups is 3. The maximum absolute atomic E-state index is 13.8. The Bertz CT molecular complexity index is 1190. The summed E-state index contributed by atoms with van der Waals surface area (Å²) < 4.78 is 28.9. The van der Waals surface area contributed by atoms with Crippen LogP contribution in [0.4, 0.5) is 11.4 Å². The van der Waals surface area contributed by atoms with Crippen LogP contribution < -0.4 is 10.2 Å². The maximum atomic E-state index is 13.8. The summed E-state index contributed by atoms with van der Waals surface area (Å²) in [6.45, 7) is 1.37. The van der Waals surface area contributed by atoms with Crippen LogP contribution in [0.1, 0.15) is 45.4 Å². The van der Waals surface area contributed by atoms with Gasteiger partial charge in [-0.3, -0.25) is 14.4 Å². The van der Waals surface area contributed by atoms with E-state index in [1.807, 2.05) is 0 Å². The van der Waals surface area contributed by atoms with Gasteiger partial charge in [-0.2, -0.15) is 4.31 Å². The number of anilines is 2. The van der Waals surface area contributed by atoms with Crippen LogP contribution in [0.5, 0.6) is 0 Å². The Morgan fingerprint density at radius 1 is 1.00 bits per heavy atom. The number of hydrogen-bond acceptors (Lipinski definition) is 5. The van der Waals surface area contributed by atoms with E-state index in [4.69, 9.17) is 11.6 Å². The summed E-state index contributed by atoms with van der Waals surface area (Å²) in [7, 11) is -4.10. The Morgan fingerprint density at radius 3 is 2.21 bits per heavy atom. The maximum Gasteiger partial charge on any atom is 0.252 e. The highest BCUT2D eigenvalue weighted by Crippen LogP contribution is 2.35. The van der Waals surface area contributed by atoms with Crippen molar-refractivity contribution in [3.05, 3.63) is 53.6 Å². The van der Waals surface area contributed by atoms with Crippen LogP contribution >= 0.6 is 11.6 Å². The van der Waals surface area contributed by atoms with Crippen LogP contribution in [0.3, 0.4) is 0 Å². The number of benzene rings is 2. The molecule has 2 fully saturated rings. The zero-order valence-corrected chi connectivity index (χ0v) is 20.3. The molecule has 1 aliphatic carbocycles. The molecule has 2 aromatic rings. The van der Waals surface area contributed by atoms with Crippen LogP contribution in [0.25, 0.3) is 0 Å². The van der Waals surface area contributed by atoms with E-state index >= 15 is 0 Å². The molecule has 1 saturated carbocycles. The van der Waals surface area contributed by atoms with Crippen LogP contribution in [-0.4, -0.2) is 42.5 Å². The number of nitrogens with one attached hydrogen (secondary N) is 1. The lowest BCUT2D eigenvalue weighted by Crippen LogP contribution is -2.51. The molecule has 2 aromatic carbocycles. The topological polar surface area (TPSA) is 104 Å². The van der Waals surface area contributed by atoms with Crippen molar-refractivity contribution in [2.45, 2.75) is 62.4 Å². The lowest BCUT2D eigenvalue weighted by atomic mass is 9.94. The molecular weight excluding hydrogens is 478 g/mol. The van der Waals surface area contributed by atoms with Crippen molar-refractivity contribution in [1.82, 2.24) is 4.31 Å². The molecular formula is C24H26ClN3O5S. The summed E-state index contributed by atoms with van der Waals surface area (Å²) in [6, 6.07) is 10.6. The highest BCUT2D eigenvalue weighted by Gasteiger charge is 2.49. The van der Waals surface area contributed by atoms with Gasteiger partial charge in [0.05, 0.1) is 17.0 Å². The molecule has 4 rings (SSSR count). The first kappa shape index (κ1) is 24.4. The smallest absolute Gasteiger partial charge is 0.252 e. The number of carbonyl (C=O) groups excluding carboxylic acids is 3. The average molecular weight is 504 g/mol. The minimum absolute atomic E-state index is 0.0115. The van der Waals surface area contributed by atoms with Crippen molar-refractivity contribution in [3.8, 4) is 0 Å². The van der Waals surface area contributed by atoms with Crippen molar-refractivity contribution in [2.75, 3.05) is 10.2 Å². The molecule has 34 heavy (non-hydrogen) atoms. The summed E-state index contributed by atoms with van der Waals surface area (Å²) in [5.41, 5.74) is 0.833. The standard InChI is InChI=1S/C24H26ClN3O5S/c1-16(29)26-18-9-13-21(14-10-18)34(32,33)28(20-5-3-2-4-6-20)22-15-23(30)27(24(22)31)19-11-7-17(25)8-12-19/h7-14,20,22H,2-6,15H2,1H3,(H,26,29).